The van der Waals surface area contributed by atoms with E-state index < -0.39 is 0 Å². The molecule has 3 atom stereocenters. The average molecular weight is 227 g/mol. The fourth-order valence-corrected chi connectivity index (χ4v) is 3.35. The summed E-state index contributed by atoms with van der Waals surface area (Å²) >= 11 is 0. The van der Waals surface area contributed by atoms with Crippen molar-refractivity contribution in [3.8, 4) is 0 Å². The first-order valence-electron chi connectivity index (χ1n) is 6.31. The van der Waals surface area contributed by atoms with Crippen LogP contribution in [0.3, 0.4) is 0 Å². The fraction of sp³-hybridized carbons (Fsp3) is 0.400. The maximum absolute atomic E-state index is 12.4. The van der Waals surface area contributed by atoms with Crippen molar-refractivity contribution in [3.05, 3.63) is 48.6 Å². The number of amides is 1. The Bertz CT molecular complexity index is 439. The summed E-state index contributed by atoms with van der Waals surface area (Å²) in [6, 6.07) is 10.5. The quantitative estimate of drug-likeness (QED) is 0.711. The second-order valence-corrected chi connectivity index (χ2v) is 4.94. The molecule has 2 aliphatic heterocycles. The van der Waals surface area contributed by atoms with Gasteiger partial charge in [-0.1, -0.05) is 36.4 Å². The molecule has 1 aromatic carbocycles. The smallest absolute Gasteiger partial charge is 0.231 e. The predicted molar refractivity (Wildman–Crippen MR) is 67.6 cm³/mol. The van der Waals surface area contributed by atoms with Crippen molar-refractivity contribution in [1.29, 1.82) is 0 Å². The molecule has 0 spiro atoms. The second kappa shape index (κ2) is 4.02. The van der Waals surface area contributed by atoms with E-state index in [0.717, 1.165) is 24.9 Å². The summed E-state index contributed by atoms with van der Waals surface area (Å²) < 4.78 is 0. The number of fused-ring (bicyclic) bond motifs is 1. The first kappa shape index (κ1) is 10.6. The van der Waals surface area contributed by atoms with E-state index in [2.05, 4.69) is 23.6 Å². The van der Waals surface area contributed by atoms with Crippen molar-refractivity contribution in [2.24, 2.45) is 5.92 Å². The molecule has 0 saturated carbocycles. The Balaban J connectivity index is 1.99. The third-order valence-corrected chi connectivity index (χ3v) is 4.11. The number of carbonyl (C=O) groups excluding carboxylic acids is 1. The van der Waals surface area contributed by atoms with Crippen LogP contribution in [0.25, 0.3) is 0 Å². The van der Waals surface area contributed by atoms with Gasteiger partial charge in [0.15, 0.2) is 0 Å². The summed E-state index contributed by atoms with van der Waals surface area (Å²) in [6.45, 7) is 4.86. The molecule has 17 heavy (non-hydrogen) atoms. The molecule has 0 bridgehead atoms. The van der Waals surface area contributed by atoms with Crippen LogP contribution in [0.5, 0.6) is 0 Å². The van der Waals surface area contributed by atoms with Gasteiger partial charge in [-0.15, -0.1) is 6.58 Å². The first-order valence-corrected chi connectivity index (χ1v) is 6.31. The van der Waals surface area contributed by atoms with Crippen molar-refractivity contribution < 1.29 is 4.79 Å². The van der Waals surface area contributed by atoms with Gasteiger partial charge in [0, 0.05) is 18.5 Å². The highest BCUT2D eigenvalue weighted by Gasteiger charge is 2.48. The number of hydrogen-bond donors (Lipinski definition) is 0. The number of rotatable bonds is 2. The minimum absolute atomic E-state index is 0.000926. The molecule has 2 nitrogen and oxygen atoms in total. The van der Waals surface area contributed by atoms with Crippen LogP contribution in [0.4, 0.5) is 0 Å². The molecular formula is C15H17NO. The van der Waals surface area contributed by atoms with Gasteiger partial charge in [0.25, 0.3) is 0 Å². The average Bonchev–Trinajstić information content (AvgIpc) is 2.93. The zero-order valence-corrected chi connectivity index (χ0v) is 9.88. The largest absolute Gasteiger partial charge is 0.339 e. The monoisotopic (exact) mass is 227 g/mol. The Morgan fingerprint density at radius 3 is 2.76 bits per heavy atom. The lowest BCUT2D eigenvalue weighted by atomic mass is 9.84. The van der Waals surface area contributed by atoms with E-state index in [9.17, 15) is 4.79 Å². The molecule has 88 valence electrons. The molecular weight excluding hydrogens is 210 g/mol. The third kappa shape index (κ3) is 1.51. The molecule has 0 aliphatic carbocycles. The molecule has 2 fully saturated rings. The van der Waals surface area contributed by atoms with E-state index in [0.29, 0.717) is 11.9 Å². The maximum Gasteiger partial charge on any atom is 0.231 e. The fourth-order valence-electron chi connectivity index (χ4n) is 3.35. The molecule has 1 aromatic rings. The van der Waals surface area contributed by atoms with Gasteiger partial charge in [0.1, 0.15) is 0 Å². The zero-order valence-electron chi connectivity index (χ0n) is 9.88. The lowest BCUT2D eigenvalue weighted by molar-refractivity contribution is -0.129. The Morgan fingerprint density at radius 2 is 2.06 bits per heavy atom. The van der Waals surface area contributed by atoms with Gasteiger partial charge in [-0.05, 0) is 18.4 Å². The third-order valence-electron chi connectivity index (χ3n) is 4.11. The normalized spacial score (nSPS) is 31.6. The molecule has 2 aliphatic rings. The first-order chi connectivity index (χ1) is 8.33. The van der Waals surface area contributed by atoms with Gasteiger partial charge in [0.05, 0.1) is 5.92 Å². The van der Waals surface area contributed by atoms with Crippen LogP contribution in [0.2, 0.25) is 0 Å². The van der Waals surface area contributed by atoms with Crippen molar-refractivity contribution in [2.45, 2.75) is 24.8 Å². The molecule has 0 radical (unpaired) electrons. The van der Waals surface area contributed by atoms with Crippen LogP contribution in [0.15, 0.2) is 43.0 Å². The standard InChI is InChI=1S/C15H17NO/c1-2-12-13-9-6-10-16(13)15(17)14(12)11-7-4-3-5-8-11/h2-5,7-8,12-14H,1,6,9-10H2/t12-,13+,14-/m1/s1. The minimum atomic E-state index is -0.000926. The van der Waals surface area contributed by atoms with E-state index in [1.807, 2.05) is 24.3 Å². The highest BCUT2D eigenvalue weighted by molar-refractivity contribution is 5.87. The van der Waals surface area contributed by atoms with Crippen LogP contribution in [-0.2, 0) is 4.79 Å². The van der Waals surface area contributed by atoms with Crippen molar-refractivity contribution in [3.63, 3.8) is 0 Å². The van der Waals surface area contributed by atoms with Crippen molar-refractivity contribution >= 4 is 5.91 Å². The van der Waals surface area contributed by atoms with Gasteiger partial charge in [-0.25, -0.2) is 0 Å². The Morgan fingerprint density at radius 1 is 1.29 bits per heavy atom. The lowest BCUT2D eigenvalue weighted by Gasteiger charge is -2.18. The summed E-state index contributed by atoms with van der Waals surface area (Å²) in [7, 11) is 0. The molecule has 1 amide bonds. The van der Waals surface area contributed by atoms with Crippen LogP contribution in [0, 0.1) is 5.92 Å². The predicted octanol–water partition coefficient (Wildman–Crippen LogP) is 2.58. The highest BCUT2D eigenvalue weighted by atomic mass is 16.2. The molecule has 3 rings (SSSR count). The van der Waals surface area contributed by atoms with Crippen molar-refractivity contribution in [1.82, 2.24) is 4.90 Å². The van der Waals surface area contributed by atoms with Crippen LogP contribution in [-0.4, -0.2) is 23.4 Å². The number of nitrogens with zero attached hydrogens (tertiary/aromatic N) is 1. The Hall–Kier alpha value is -1.57. The maximum atomic E-state index is 12.4. The summed E-state index contributed by atoms with van der Waals surface area (Å²) in [5.74, 6) is 0.579. The van der Waals surface area contributed by atoms with E-state index in [1.165, 1.54) is 0 Å². The van der Waals surface area contributed by atoms with E-state index >= 15 is 0 Å². The van der Waals surface area contributed by atoms with Crippen LogP contribution >= 0.6 is 0 Å². The Labute approximate surface area is 102 Å². The van der Waals surface area contributed by atoms with Gasteiger partial charge in [-0.2, -0.15) is 0 Å². The molecule has 0 unspecified atom stereocenters. The lowest BCUT2D eigenvalue weighted by Crippen LogP contribution is -2.28. The number of benzene rings is 1. The summed E-state index contributed by atoms with van der Waals surface area (Å²) in [5, 5.41) is 0. The number of hydrogen-bond acceptors (Lipinski definition) is 1. The van der Waals surface area contributed by atoms with Gasteiger partial charge >= 0.3 is 0 Å². The topological polar surface area (TPSA) is 20.3 Å². The van der Waals surface area contributed by atoms with Gasteiger partial charge in [0.2, 0.25) is 5.91 Å². The van der Waals surface area contributed by atoms with Crippen LogP contribution < -0.4 is 0 Å². The summed E-state index contributed by atoms with van der Waals surface area (Å²) in [5.41, 5.74) is 1.14. The molecule has 0 N–H and O–H groups in total. The summed E-state index contributed by atoms with van der Waals surface area (Å²) in [6.07, 6.45) is 4.25. The summed E-state index contributed by atoms with van der Waals surface area (Å²) in [4.78, 5) is 14.5. The Kier molecular flexibility index (Phi) is 2.50. The van der Waals surface area contributed by atoms with Crippen LogP contribution in [0.1, 0.15) is 24.3 Å². The molecule has 2 saturated heterocycles. The second-order valence-electron chi connectivity index (χ2n) is 4.94. The molecule has 2 heteroatoms. The molecule has 2 heterocycles. The van der Waals surface area contributed by atoms with E-state index in [-0.39, 0.29) is 11.8 Å². The van der Waals surface area contributed by atoms with E-state index in [1.54, 1.807) is 0 Å². The number of carbonyl (C=O) groups is 1. The van der Waals surface area contributed by atoms with Gasteiger partial charge in [-0.3, -0.25) is 4.79 Å². The SMILES string of the molecule is C=C[C@H]1[C@@H](c2ccccc2)C(=O)N2CCC[C@@H]12. The minimum Gasteiger partial charge on any atom is -0.339 e. The van der Waals surface area contributed by atoms with E-state index in [4.69, 9.17) is 0 Å². The highest BCUT2D eigenvalue weighted by Crippen LogP contribution is 2.43. The zero-order chi connectivity index (χ0) is 11.8. The molecule has 0 aromatic heterocycles. The van der Waals surface area contributed by atoms with Crippen molar-refractivity contribution in [2.75, 3.05) is 6.54 Å². The van der Waals surface area contributed by atoms with Gasteiger partial charge < -0.3 is 4.90 Å².